The molecule has 1 aromatic carbocycles. The summed E-state index contributed by atoms with van der Waals surface area (Å²) in [6.07, 6.45) is 2.54. The van der Waals surface area contributed by atoms with Gasteiger partial charge in [0.2, 0.25) is 0 Å². The highest BCUT2D eigenvalue weighted by atomic mass is 127. The predicted molar refractivity (Wildman–Crippen MR) is 66.7 cm³/mol. The van der Waals surface area contributed by atoms with Crippen molar-refractivity contribution in [2.75, 3.05) is 6.54 Å². The van der Waals surface area contributed by atoms with Gasteiger partial charge in [0.1, 0.15) is 5.58 Å². The van der Waals surface area contributed by atoms with E-state index < -0.39 is 0 Å². The highest BCUT2D eigenvalue weighted by Crippen LogP contribution is 2.32. The first kappa shape index (κ1) is 10.3. The van der Waals surface area contributed by atoms with E-state index in [0.717, 1.165) is 31.5 Å². The molecule has 1 aromatic heterocycles. The summed E-state index contributed by atoms with van der Waals surface area (Å²) in [4.78, 5) is 0. The van der Waals surface area contributed by atoms with Crippen molar-refractivity contribution in [3.63, 3.8) is 0 Å². The average molecular weight is 322 g/mol. The summed E-state index contributed by atoms with van der Waals surface area (Å²) in [5, 5.41) is 1.74. The van der Waals surface area contributed by atoms with Crippen LogP contribution in [0.5, 0.6) is 0 Å². The maximum atomic E-state index is 6.11. The first-order chi connectivity index (χ1) is 6.74. The molecule has 0 aliphatic rings. The number of fused-ring (bicyclic) bond motifs is 1. The van der Waals surface area contributed by atoms with Gasteiger partial charge in [0, 0.05) is 10.9 Å². The molecule has 0 amide bonds. The number of rotatable bonds is 2. The van der Waals surface area contributed by atoms with Gasteiger partial charge in [-0.2, -0.15) is 0 Å². The van der Waals surface area contributed by atoms with Gasteiger partial charge in [-0.05, 0) is 47.7 Å². The maximum Gasteiger partial charge on any atom is 0.148 e. The second-order valence-electron chi connectivity index (χ2n) is 3.03. The molecule has 1 heterocycles. The zero-order valence-electron chi connectivity index (χ0n) is 7.39. The fraction of sp³-hybridized carbons (Fsp3) is 0.200. The number of hydrogen-bond donors (Lipinski definition) is 1. The van der Waals surface area contributed by atoms with Crippen molar-refractivity contribution in [3.05, 3.63) is 32.6 Å². The Labute approximate surface area is 101 Å². The minimum absolute atomic E-state index is 0.608. The van der Waals surface area contributed by atoms with Crippen molar-refractivity contribution in [2.45, 2.75) is 6.42 Å². The zero-order chi connectivity index (χ0) is 10.1. The lowest BCUT2D eigenvalue weighted by atomic mass is 10.1. The van der Waals surface area contributed by atoms with Crippen LogP contribution in [0.1, 0.15) is 5.56 Å². The Morgan fingerprint density at radius 2 is 2.21 bits per heavy atom. The first-order valence-corrected chi connectivity index (χ1v) is 5.74. The number of furan rings is 1. The van der Waals surface area contributed by atoms with E-state index in [4.69, 9.17) is 21.8 Å². The Morgan fingerprint density at radius 1 is 1.43 bits per heavy atom. The molecular weight excluding hydrogens is 312 g/mol. The van der Waals surface area contributed by atoms with Crippen LogP contribution in [-0.2, 0) is 6.42 Å². The largest absolute Gasteiger partial charge is 0.463 e. The summed E-state index contributed by atoms with van der Waals surface area (Å²) >= 11 is 8.34. The minimum Gasteiger partial charge on any atom is -0.463 e. The molecule has 2 nitrogen and oxygen atoms in total. The topological polar surface area (TPSA) is 39.2 Å². The van der Waals surface area contributed by atoms with Gasteiger partial charge < -0.3 is 10.2 Å². The summed E-state index contributed by atoms with van der Waals surface area (Å²) < 4.78 is 6.54. The van der Waals surface area contributed by atoms with E-state index in [2.05, 4.69) is 22.6 Å². The Balaban J connectivity index is 2.70. The van der Waals surface area contributed by atoms with E-state index >= 15 is 0 Å². The molecule has 14 heavy (non-hydrogen) atoms. The zero-order valence-corrected chi connectivity index (χ0v) is 10.3. The van der Waals surface area contributed by atoms with E-state index in [1.807, 2.05) is 12.1 Å². The van der Waals surface area contributed by atoms with Crippen LogP contribution < -0.4 is 5.73 Å². The number of hydrogen-bond acceptors (Lipinski definition) is 2. The lowest BCUT2D eigenvalue weighted by Crippen LogP contribution is -2.01. The van der Waals surface area contributed by atoms with Crippen LogP contribution in [-0.4, -0.2) is 6.54 Å². The molecule has 0 unspecified atom stereocenters. The maximum absolute atomic E-state index is 6.11. The molecule has 0 fully saturated rings. The van der Waals surface area contributed by atoms with Crippen molar-refractivity contribution in [3.8, 4) is 0 Å². The standard InChI is InChI=1S/C10H9ClINO/c11-7-1-2-8(12)10-9(7)6(3-4-13)5-14-10/h1-2,5H,3-4,13H2. The van der Waals surface area contributed by atoms with E-state index in [9.17, 15) is 0 Å². The van der Waals surface area contributed by atoms with Crippen molar-refractivity contribution >= 4 is 45.2 Å². The molecule has 0 atom stereocenters. The smallest absolute Gasteiger partial charge is 0.148 e. The average Bonchev–Trinajstić information content (AvgIpc) is 2.58. The van der Waals surface area contributed by atoms with Gasteiger partial charge in [-0.3, -0.25) is 0 Å². The quantitative estimate of drug-likeness (QED) is 0.863. The van der Waals surface area contributed by atoms with Gasteiger partial charge in [-0.25, -0.2) is 0 Å². The Hall–Kier alpha value is -0.260. The SMILES string of the molecule is NCCc1coc2c(I)ccc(Cl)c12. The summed E-state index contributed by atoms with van der Waals surface area (Å²) in [7, 11) is 0. The van der Waals surface area contributed by atoms with Crippen LogP contribution in [0.15, 0.2) is 22.8 Å². The predicted octanol–water partition coefficient (Wildman–Crippen LogP) is 3.19. The van der Waals surface area contributed by atoms with Gasteiger partial charge >= 0.3 is 0 Å². The highest BCUT2D eigenvalue weighted by molar-refractivity contribution is 14.1. The lowest BCUT2D eigenvalue weighted by Gasteiger charge is -1.98. The third-order valence-electron chi connectivity index (χ3n) is 2.11. The van der Waals surface area contributed by atoms with Crippen molar-refractivity contribution in [1.82, 2.24) is 0 Å². The minimum atomic E-state index is 0.608. The Bertz CT molecular complexity index is 466. The van der Waals surface area contributed by atoms with Crippen molar-refractivity contribution < 1.29 is 4.42 Å². The lowest BCUT2D eigenvalue weighted by molar-refractivity contribution is 0.608. The first-order valence-electron chi connectivity index (χ1n) is 4.28. The molecule has 0 bridgehead atoms. The van der Waals surface area contributed by atoms with E-state index in [1.54, 1.807) is 6.26 Å². The van der Waals surface area contributed by atoms with Gasteiger partial charge in [-0.15, -0.1) is 0 Å². The normalized spacial score (nSPS) is 11.1. The van der Waals surface area contributed by atoms with Crippen molar-refractivity contribution in [2.24, 2.45) is 5.73 Å². The summed E-state index contributed by atoms with van der Waals surface area (Å²) in [6, 6.07) is 3.84. The molecule has 2 rings (SSSR count). The molecule has 2 aromatic rings. The molecule has 0 radical (unpaired) electrons. The molecule has 0 saturated carbocycles. The van der Waals surface area contributed by atoms with Crippen LogP contribution in [0.2, 0.25) is 5.02 Å². The number of halogens is 2. The van der Waals surface area contributed by atoms with Gasteiger partial charge in [0.25, 0.3) is 0 Å². The van der Waals surface area contributed by atoms with Crippen LogP contribution in [0.4, 0.5) is 0 Å². The van der Waals surface area contributed by atoms with Gasteiger partial charge in [0.15, 0.2) is 0 Å². The fourth-order valence-electron chi connectivity index (χ4n) is 1.48. The monoisotopic (exact) mass is 321 g/mol. The van der Waals surface area contributed by atoms with Crippen LogP contribution >= 0.6 is 34.2 Å². The van der Waals surface area contributed by atoms with Gasteiger partial charge in [-0.1, -0.05) is 11.6 Å². The van der Waals surface area contributed by atoms with Crippen LogP contribution in [0.3, 0.4) is 0 Å². The molecule has 0 aliphatic heterocycles. The molecule has 4 heteroatoms. The third kappa shape index (κ3) is 1.64. The third-order valence-corrected chi connectivity index (χ3v) is 3.28. The second kappa shape index (κ2) is 4.08. The van der Waals surface area contributed by atoms with Crippen LogP contribution in [0.25, 0.3) is 11.0 Å². The molecule has 0 spiro atoms. The Kier molecular flexibility index (Phi) is 2.99. The Morgan fingerprint density at radius 3 is 2.93 bits per heavy atom. The summed E-state index contributed by atoms with van der Waals surface area (Å²) in [5.74, 6) is 0. The van der Waals surface area contributed by atoms with Gasteiger partial charge in [0.05, 0.1) is 14.9 Å². The van der Waals surface area contributed by atoms with E-state index in [-0.39, 0.29) is 0 Å². The number of benzene rings is 1. The molecule has 0 aliphatic carbocycles. The fourth-order valence-corrected chi connectivity index (χ4v) is 2.32. The molecule has 2 N–H and O–H groups in total. The summed E-state index contributed by atoms with van der Waals surface area (Å²) in [6.45, 7) is 0.608. The molecule has 0 saturated heterocycles. The van der Waals surface area contributed by atoms with E-state index in [1.165, 1.54) is 0 Å². The highest BCUT2D eigenvalue weighted by Gasteiger charge is 2.11. The van der Waals surface area contributed by atoms with Crippen molar-refractivity contribution in [1.29, 1.82) is 0 Å². The summed E-state index contributed by atoms with van der Waals surface area (Å²) in [5.41, 5.74) is 7.46. The molecular formula is C10H9ClINO. The van der Waals surface area contributed by atoms with E-state index in [0.29, 0.717) is 6.54 Å². The molecule has 74 valence electrons. The van der Waals surface area contributed by atoms with Crippen LogP contribution in [0, 0.1) is 3.57 Å². The second-order valence-corrected chi connectivity index (χ2v) is 4.60. The number of nitrogens with two attached hydrogens (primary N) is 1.